The maximum atomic E-state index is 11.4. The van der Waals surface area contributed by atoms with E-state index in [0.29, 0.717) is 17.5 Å². The number of aromatic nitrogens is 2. The van der Waals surface area contributed by atoms with Crippen LogP contribution in [-0.2, 0) is 16.0 Å². The first-order valence-corrected chi connectivity index (χ1v) is 9.17. The SMILES string of the molecule is CCOC(=O)CSc1cncc(NC2CCc3cc(Cl)ccc32)n1. The summed E-state index contributed by atoms with van der Waals surface area (Å²) in [5.74, 6) is 0.692. The second-order valence-corrected chi connectivity index (χ2v) is 6.85. The van der Waals surface area contributed by atoms with Gasteiger partial charge in [-0.05, 0) is 43.0 Å². The van der Waals surface area contributed by atoms with E-state index in [-0.39, 0.29) is 17.8 Å². The number of nitrogens with one attached hydrogen (secondary N) is 1. The Hall–Kier alpha value is -1.79. The van der Waals surface area contributed by atoms with Crippen LogP contribution in [0, 0.1) is 0 Å². The maximum Gasteiger partial charge on any atom is 0.316 e. The van der Waals surface area contributed by atoms with Gasteiger partial charge in [0, 0.05) is 5.02 Å². The van der Waals surface area contributed by atoms with Crippen LogP contribution in [0.4, 0.5) is 5.82 Å². The molecule has 1 aliphatic rings. The molecule has 1 heterocycles. The number of aryl methyl sites for hydroxylation is 1. The highest BCUT2D eigenvalue weighted by Gasteiger charge is 2.22. The van der Waals surface area contributed by atoms with Gasteiger partial charge in [0.15, 0.2) is 0 Å². The molecule has 1 aromatic heterocycles. The summed E-state index contributed by atoms with van der Waals surface area (Å²) in [7, 11) is 0. The number of ether oxygens (including phenoxy) is 1. The van der Waals surface area contributed by atoms with Crippen molar-refractivity contribution >= 4 is 35.1 Å². The lowest BCUT2D eigenvalue weighted by Crippen LogP contribution is -2.10. The molecule has 0 amide bonds. The molecule has 2 aromatic rings. The fraction of sp³-hybridized carbons (Fsp3) is 0.353. The summed E-state index contributed by atoms with van der Waals surface area (Å²) in [6, 6.07) is 6.21. The van der Waals surface area contributed by atoms with E-state index in [4.69, 9.17) is 16.3 Å². The Morgan fingerprint density at radius 1 is 1.46 bits per heavy atom. The number of anilines is 1. The van der Waals surface area contributed by atoms with Gasteiger partial charge in [-0.1, -0.05) is 29.4 Å². The minimum absolute atomic E-state index is 0.205. The lowest BCUT2D eigenvalue weighted by atomic mass is 10.1. The van der Waals surface area contributed by atoms with Crippen LogP contribution in [0.25, 0.3) is 0 Å². The van der Waals surface area contributed by atoms with Crippen LogP contribution in [0.2, 0.25) is 5.02 Å². The molecule has 0 radical (unpaired) electrons. The Kier molecular flexibility index (Phi) is 5.58. The minimum atomic E-state index is -0.246. The van der Waals surface area contributed by atoms with Crippen molar-refractivity contribution in [2.24, 2.45) is 0 Å². The lowest BCUT2D eigenvalue weighted by molar-refractivity contribution is -0.139. The van der Waals surface area contributed by atoms with Gasteiger partial charge >= 0.3 is 5.97 Å². The predicted molar refractivity (Wildman–Crippen MR) is 95.5 cm³/mol. The third-order valence-electron chi connectivity index (χ3n) is 3.76. The zero-order valence-electron chi connectivity index (χ0n) is 13.3. The number of hydrogen-bond acceptors (Lipinski definition) is 6. The highest BCUT2D eigenvalue weighted by molar-refractivity contribution is 7.99. The number of thioether (sulfide) groups is 1. The molecule has 5 nitrogen and oxygen atoms in total. The van der Waals surface area contributed by atoms with E-state index in [1.54, 1.807) is 19.3 Å². The summed E-state index contributed by atoms with van der Waals surface area (Å²) < 4.78 is 4.92. The molecule has 1 atom stereocenters. The maximum absolute atomic E-state index is 11.4. The van der Waals surface area contributed by atoms with Gasteiger partial charge in [0.25, 0.3) is 0 Å². The average molecular weight is 364 g/mol. The molecule has 0 saturated heterocycles. The van der Waals surface area contributed by atoms with Gasteiger partial charge in [-0.15, -0.1) is 0 Å². The van der Waals surface area contributed by atoms with E-state index in [0.717, 1.165) is 17.9 Å². The first-order chi connectivity index (χ1) is 11.7. The molecule has 1 N–H and O–H groups in total. The first-order valence-electron chi connectivity index (χ1n) is 7.81. The van der Waals surface area contributed by atoms with Gasteiger partial charge in [-0.2, -0.15) is 0 Å². The summed E-state index contributed by atoms with van der Waals surface area (Å²) >= 11 is 7.37. The molecule has 126 valence electrons. The average Bonchev–Trinajstić information content (AvgIpc) is 2.95. The van der Waals surface area contributed by atoms with Crippen molar-refractivity contribution < 1.29 is 9.53 Å². The Balaban J connectivity index is 1.65. The van der Waals surface area contributed by atoms with Gasteiger partial charge in [0.05, 0.1) is 30.8 Å². The van der Waals surface area contributed by atoms with Crippen molar-refractivity contribution in [1.82, 2.24) is 9.97 Å². The van der Waals surface area contributed by atoms with Crippen LogP contribution in [0.15, 0.2) is 35.6 Å². The van der Waals surface area contributed by atoms with Crippen molar-refractivity contribution in [3.05, 3.63) is 46.7 Å². The molecular formula is C17H18ClN3O2S. The Labute approximate surface area is 150 Å². The third-order valence-corrected chi connectivity index (χ3v) is 4.87. The summed E-state index contributed by atoms with van der Waals surface area (Å²) in [4.78, 5) is 20.1. The largest absolute Gasteiger partial charge is 0.465 e. The van der Waals surface area contributed by atoms with Gasteiger partial charge in [0.1, 0.15) is 10.8 Å². The Bertz CT molecular complexity index is 742. The number of rotatable bonds is 6. The number of benzene rings is 1. The number of carbonyl (C=O) groups is 1. The van der Waals surface area contributed by atoms with Gasteiger partial charge in [-0.25, -0.2) is 4.98 Å². The van der Waals surface area contributed by atoms with Crippen LogP contribution >= 0.6 is 23.4 Å². The molecular weight excluding hydrogens is 346 g/mol. The molecule has 0 bridgehead atoms. The second kappa shape index (κ2) is 7.85. The molecule has 0 saturated carbocycles. The van der Waals surface area contributed by atoms with Crippen molar-refractivity contribution in [2.45, 2.75) is 30.8 Å². The molecule has 7 heteroatoms. The number of nitrogens with zero attached hydrogens (tertiary/aromatic N) is 2. The van der Waals surface area contributed by atoms with Crippen molar-refractivity contribution in [3.8, 4) is 0 Å². The number of halogens is 1. The molecule has 1 aromatic carbocycles. The van der Waals surface area contributed by atoms with E-state index >= 15 is 0 Å². The van der Waals surface area contributed by atoms with Crippen LogP contribution in [0.5, 0.6) is 0 Å². The van der Waals surface area contributed by atoms with Crippen LogP contribution in [0.1, 0.15) is 30.5 Å². The van der Waals surface area contributed by atoms with Crippen molar-refractivity contribution in [2.75, 3.05) is 17.7 Å². The Morgan fingerprint density at radius 2 is 2.33 bits per heavy atom. The zero-order chi connectivity index (χ0) is 16.9. The fourth-order valence-electron chi connectivity index (χ4n) is 2.74. The first kappa shape index (κ1) is 17.0. The summed E-state index contributed by atoms with van der Waals surface area (Å²) in [5.41, 5.74) is 2.53. The van der Waals surface area contributed by atoms with E-state index in [2.05, 4.69) is 21.4 Å². The smallest absolute Gasteiger partial charge is 0.316 e. The van der Waals surface area contributed by atoms with E-state index in [9.17, 15) is 4.79 Å². The van der Waals surface area contributed by atoms with Crippen LogP contribution < -0.4 is 5.32 Å². The number of hydrogen-bond donors (Lipinski definition) is 1. The number of esters is 1. The van der Waals surface area contributed by atoms with Crippen LogP contribution in [0.3, 0.4) is 0 Å². The highest BCUT2D eigenvalue weighted by Crippen LogP contribution is 2.35. The summed E-state index contributed by atoms with van der Waals surface area (Å²) in [5, 5.41) is 4.89. The van der Waals surface area contributed by atoms with Crippen molar-refractivity contribution in [3.63, 3.8) is 0 Å². The van der Waals surface area contributed by atoms with Gasteiger partial charge in [0.2, 0.25) is 0 Å². The van der Waals surface area contributed by atoms with Gasteiger partial charge < -0.3 is 10.1 Å². The number of carbonyl (C=O) groups excluding carboxylic acids is 1. The minimum Gasteiger partial charge on any atom is -0.465 e. The van der Waals surface area contributed by atoms with E-state index in [1.165, 1.54) is 22.9 Å². The predicted octanol–water partition coefficient (Wildman–Crippen LogP) is 3.88. The third kappa shape index (κ3) is 4.19. The standard InChI is InChI=1S/C17H18ClN3O2S/c1-2-23-17(22)10-24-16-9-19-8-15(21-16)20-14-6-3-11-7-12(18)4-5-13(11)14/h4-5,7-9,14H,2-3,6,10H2,1H3,(H,20,21). The van der Waals surface area contributed by atoms with Crippen molar-refractivity contribution in [1.29, 1.82) is 0 Å². The molecule has 0 spiro atoms. The lowest BCUT2D eigenvalue weighted by Gasteiger charge is -2.15. The normalized spacial score (nSPS) is 15.8. The van der Waals surface area contributed by atoms with Gasteiger partial charge in [-0.3, -0.25) is 9.78 Å². The summed E-state index contributed by atoms with van der Waals surface area (Å²) in [6.45, 7) is 2.18. The molecule has 0 fully saturated rings. The Morgan fingerprint density at radius 3 is 3.17 bits per heavy atom. The second-order valence-electron chi connectivity index (χ2n) is 5.41. The zero-order valence-corrected chi connectivity index (χ0v) is 14.9. The molecule has 0 aliphatic heterocycles. The molecule has 3 rings (SSSR count). The molecule has 24 heavy (non-hydrogen) atoms. The molecule has 1 aliphatic carbocycles. The molecule has 1 unspecified atom stereocenters. The summed E-state index contributed by atoms with van der Waals surface area (Å²) in [6.07, 6.45) is 5.34. The quantitative estimate of drug-likeness (QED) is 0.620. The highest BCUT2D eigenvalue weighted by atomic mass is 35.5. The monoisotopic (exact) mass is 363 g/mol. The van der Waals surface area contributed by atoms with Crippen LogP contribution in [-0.4, -0.2) is 28.3 Å². The topological polar surface area (TPSA) is 64.1 Å². The van der Waals surface area contributed by atoms with E-state index in [1.807, 2.05) is 12.1 Å². The number of fused-ring (bicyclic) bond motifs is 1. The fourth-order valence-corrected chi connectivity index (χ4v) is 3.58. The van der Waals surface area contributed by atoms with E-state index < -0.39 is 0 Å².